The van der Waals surface area contributed by atoms with Crippen molar-refractivity contribution in [1.29, 1.82) is 0 Å². The molecule has 0 aliphatic carbocycles. The van der Waals surface area contributed by atoms with E-state index in [4.69, 9.17) is 4.74 Å². The van der Waals surface area contributed by atoms with Crippen molar-refractivity contribution in [1.82, 2.24) is 5.32 Å². The van der Waals surface area contributed by atoms with Crippen molar-refractivity contribution >= 4 is 0 Å². The largest absolute Gasteiger partial charge is 0.461 e. The van der Waals surface area contributed by atoms with Crippen molar-refractivity contribution in [2.45, 2.75) is 30.9 Å². The fraction of sp³-hybridized carbons (Fsp3) is 0.250. The van der Waals surface area contributed by atoms with E-state index in [0.29, 0.717) is 17.1 Å². The Morgan fingerprint density at radius 3 is 1.86 bits per heavy atom. The molecule has 1 unspecified atom stereocenters. The zero-order chi connectivity index (χ0) is 25.6. The summed E-state index contributed by atoms with van der Waals surface area (Å²) in [7, 11) is 0. The van der Waals surface area contributed by atoms with Gasteiger partial charge in [0, 0.05) is 6.54 Å². The third-order valence-electron chi connectivity index (χ3n) is 4.76. The maximum Gasteiger partial charge on any atom is 0.461 e. The van der Waals surface area contributed by atoms with Gasteiger partial charge in [-0.1, -0.05) is 42.5 Å². The van der Waals surface area contributed by atoms with Gasteiger partial charge in [-0.25, -0.2) is 0 Å². The number of hydrogen-bond donors (Lipinski definition) is 2. The van der Waals surface area contributed by atoms with Gasteiger partial charge in [-0.15, -0.1) is 0 Å². The van der Waals surface area contributed by atoms with E-state index in [2.05, 4.69) is 10.1 Å². The maximum atomic E-state index is 13.4. The number of aliphatic hydroxyl groups excluding tert-OH is 1. The van der Waals surface area contributed by atoms with Gasteiger partial charge in [-0.3, -0.25) is 0 Å². The Morgan fingerprint density at radius 1 is 0.743 bits per heavy atom. The van der Waals surface area contributed by atoms with Crippen LogP contribution in [0.3, 0.4) is 0 Å². The summed E-state index contributed by atoms with van der Waals surface area (Å²) in [5.41, 5.74) is 0.476. The predicted octanol–water partition coefficient (Wildman–Crippen LogP) is 6.32. The molecule has 0 saturated heterocycles. The van der Waals surface area contributed by atoms with E-state index in [1.807, 2.05) is 0 Å². The van der Waals surface area contributed by atoms with Gasteiger partial charge in [0.25, 0.3) is 0 Å². The normalized spacial score (nSPS) is 14.0. The minimum absolute atomic E-state index is 0.124. The molecule has 0 aromatic heterocycles. The topological polar surface area (TPSA) is 50.7 Å². The summed E-state index contributed by atoms with van der Waals surface area (Å²) in [6.07, 6.45) is -16.5. The van der Waals surface area contributed by atoms with Gasteiger partial charge in [0.15, 0.2) is 6.10 Å². The van der Waals surface area contributed by atoms with Crippen LogP contribution in [-0.4, -0.2) is 36.5 Å². The van der Waals surface area contributed by atoms with Gasteiger partial charge in [0.2, 0.25) is 0 Å². The van der Waals surface area contributed by atoms with Crippen LogP contribution in [0.2, 0.25) is 0 Å². The molecule has 0 amide bonds. The van der Waals surface area contributed by atoms with Crippen molar-refractivity contribution in [2.24, 2.45) is 0 Å². The summed E-state index contributed by atoms with van der Waals surface area (Å²) in [5.74, 6) is 0.201. The zero-order valence-electron chi connectivity index (χ0n) is 17.9. The molecule has 0 aliphatic rings. The molecular formula is C24H20F7NO3. The molecule has 4 nitrogen and oxygen atoms in total. The number of alkyl halides is 7. The quantitative estimate of drug-likeness (QED) is 0.318. The Bertz CT molecular complexity index is 1090. The molecule has 0 radical (unpaired) electrons. The highest BCUT2D eigenvalue weighted by molar-refractivity contribution is 5.41. The van der Waals surface area contributed by atoms with Crippen molar-refractivity contribution in [3.05, 3.63) is 90.0 Å². The molecule has 188 valence electrons. The van der Waals surface area contributed by atoms with Crippen LogP contribution in [0.4, 0.5) is 30.7 Å². The molecule has 0 bridgehead atoms. The van der Waals surface area contributed by atoms with Crippen molar-refractivity contribution in [3.8, 4) is 17.2 Å². The first kappa shape index (κ1) is 26.3. The Hall–Kier alpha value is -3.31. The summed E-state index contributed by atoms with van der Waals surface area (Å²) in [6, 6.07) is 18.4. The molecule has 3 aromatic rings. The third kappa shape index (κ3) is 7.33. The molecule has 11 heteroatoms. The van der Waals surface area contributed by atoms with Crippen LogP contribution in [0.5, 0.6) is 17.2 Å². The van der Waals surface area contributed by atoms with E-state index < -0.39 is 43.2 Å². The second-order valence-electron chi connectivity index (χ2n) is 7.42. The monoisotopic (exact) mass is 503 g/mol. The number of benzene rings is 3. The van der Waals surface area contributed by atoms with Crippen LogP contribution in [-0.2, 0) is 0 Å². The third-order valence-corrected chi connectivity index (χ3v) is 4.76. The van der Waals surface area contributed by atoms with E-state index in [9.17, 15) is 35.8 Å². The van der Waals surface area contributed by atoms with Gasteiger partial charge in [0.1, 0.15) is 17.2 Å². The predicted molar refractivity (Wildman–Crippen MR) is 113 cm³/mol. The average molecular weight is 503 g/mol. The zero-order valence-corrected chi connectivity index (χ0v) is 17.9. The number of rotatable bonds is 10. The molecule has 35 heavy (non-hydrogen) atoms. The van der Waals surface area contributed by atoms with E-state index in [-0.39, 0.29) is 5.56 Å². The molecule has 0 aliphatic heterocycles. The molecule has 3 aromatic carbocycles. The molecule has 3 rings (SSSR count). The first-order valence-electron chi connectivity index (χ1n) is 10.2. The highest BCUT2D eigenvalue weighted by Gasteiger charge is 2.44. The second kappa shape index (κ2) is 11.0. The average Bonchev–Trinajstić information content (AvgIpc) is 2.79. The van der Waals surface area contributed by atoms with Gasteiger partial charge in [-0.05, 0) is 47.5 Å². The van der Waals surface area contributed by atoms with Crippen molar-refractivity contribution in [3.63, 3.8) is 0 Å². The number of ether oxygens (including phenoxy) is 2. The van der Waals surface area contributed by atoms with Gasteiger partial charge in [0.05, 0.1) is 6.04 Å². The van der Waals surface area contributed by atoms with E-state index in [0.717, 1.165) is 12.1 Å². The number of hydrogen-bond acceptors (Lipinski definition) is 4. The van der Waals surface area contributed by atoms with E-state index in [1.165, 1.54) is 24.3 Å². The molecule has 0 spiro atoms. The first-order valence-corrected chi connectivity index (χ1v) is 10.2. The fourth-order valence-corrected chi connectivity index (χ4v) is 3.11. The lowest BCUT2D eigenvalue weighted by molar-refractivity contribution is -0.253. The lowest BCUT2D eigenvalue weighted by Crippen LogP contribution is -2.40. The maximum absolute atomic E-state index is 13.4. The molecular weight excluding hydrogens is 483 g/mol. The Kier molecular flexibility index (Phi) is 8.23. The number of nitrogens with one attached hydrogen (secondary N) is 1. The number of aliphatic hydroxyl groups is 1. The van der Waals surface area contributed by atoms with Crippen molar-refractivity contribution < 1.29 is 45.3 Å². The smallest absolute Gasteiger partial charge is 0.457 e. The van der Waals surface area contributed by atoms with Crippen molar-refractivity contribution in [2.75, 3.05) is 6.54 Å². The minimum Gasteiger partial charge on any atom is -0.457 e. The first-order chi connectivity index (χ1) is 16.5. The SMILES string of the molecule is O[C@@H](CNC(c1cccc(Oc2ccccc2)c1)c1cccc(OC(F)(F)C(F)F)c1)C(F)(F)F. The molecule has 0 fully saturated rings. The van der Waals surface area contributed by atoms with Crippen LogP contribution in [0.15, 0.2) is 78.9 Å². The summed E-state index contributed by atoms with van der Waals surface area (Å²) in [4.78, 5) is 0. The highest BCUT2D eigenvalue weighted by Crippen LogP contribution is 2.33. The summed E-state index contributed by atoms with van der Waals surface area (Å²) in [5, 5.41) is 12.0. The number of para-hydroxylation sites is 1. The molecule has 2 N–H and O–H groups in total. The van der Waals surface area contributed by atoms with E-state index in [1.54, 1.807) is 42.5 Å². The van der Waals surface area contributed by atoms with E-state index >= 15 is 0 Å². The standard InChI is InChI=1S/C24H20F7NO3/c25-22(26)24(30,31)35-19-11-5-7-16(13-19)21(32-14-20(33)23(27,28)29)15-6-4-10-18(12-15)34-17-8-2-1-3-9-17/h1-13,20-22,32-33H,14H2/t20-,21?/m0/s1. The Morgan fingerprint density at radius 2 is 1.29 bits per heavy atom. The minimum atomic E-state index is -4.90. The summed E-state index contributed by atoms with van der Waals surface area (Å²) in [6.45, 7) is -0.934. The molecule has 2 atom stereocenters. The van der Waals surface area contributed by atoms with Gasteiger partial charge >= 0.3 is 18.7 Å². The van der Waals surface area contributed by atoms with Gasteiger partial charge < -0.3 is 19.9 Å². The lowest BCUT2D eigenvalue weighted by Gasteiger charge is -2.24. The van der Waals surface area contributed by atoms with Gasteiger partial charge in [-0.2, -0.15) is 30.7 Å². The molecule has 0 saturated carbocycles. The number of halogens is 7. The lowest BCUT2D eigenvalue weighted by atomic mass is 9.98. The highest BCUT2D eigenvalue weighted by atomic mass is 19.4. The van der Waals surface area contributed by atoms with Crippen LogP contribution < -0.4 is 14.8 Å². The summed E-state index contributed by atoms with van der Waals surface area (Å²) >= 11 is 0. The fourth-order valence-electron chi connectivity index (χ4n) is 3.11. The second-order valence-corrected chi connectivity index (χ2v) is 7.42. The molecule has 0 heterocycles. The Balaban J connectivity index is 1.93. The Labute approximate surface area is 195 Å². The van der Waals surface area contributed by atoms with Crippen LogP contribution >= 0.6 is 0 Å². The van der Waals surface area contributed by atoms with Crippen LogP contribution in [0.25, 0.3) is 0 Å². The summed E-state index contributed by atoms with van der Waals surface area (Å²) < 4.78 is 100. The van der Waals surface area contributed by atoms with Crippen LogP contribution in [0.1, 0.15) is 17.2 Å². The van der Waals surface area contributed by atoms with Crippen LogP contribution in [0, 0.1) is 0 Å².